The third-order valence-electron chi connectivity index (χ3n) is 4.32. The standard InChI is InChI=1S/C21H28BNO3S/c1-4-6-13-23(14-7-5-2)19-15-17(22)16-20(27(3,24)25)21(19)26-18-11-9-8-10-12-18/h8-12,15-16H,4-7,13-14H2,1-3H3. The number of ether oxygens (including phenoxy) is 1. The highest BCUT2D eigenvalue weighted by Crippen LogP contribution is 2.38. The van der Waals surface area contributed by atoms with Gasteiger partial charge in [-0.3, -0.25) is 0 Å². The number of unbranched alkanes of at least 4 members (excludes halogenated alkanes) is 2. The van der Waals surface area contributed by atoms with Crippen molar-refractivity contribution < 1.29 is 13.2 Å². The molecule has 0 aliphatic rings. The SMILES string of the molecule is [B]c1cc(N(CCCC)CCCC)c(Oc2ccccc2)c(S(C)(=O)=O)c1. The molecular formula is C21H28BNO3S. The highest BCUT2D eigenvalue weighted by Gasteiger charge is 2.23. The van der Waals surface area contributed by atoms with Crippen molar-refractivity contribution in [1.82, 2.24) is 0 Å². The number of nitrogens with zero attached hydrogens (tertiary/aromatic N) is 1. The van der Waals surface area contributed by atoms with Crippen molar-refractivity contribution in [2.45, 2.75) is 44.4 Å². The lowest BCUT2D eigenvalue weighted by Crippen LogP contribution is -2.28. The predicted molar refractivity (Wildman–Crippen MR) is 113 cm³/mol. The van der Waals surface area contributed by atoms with Gasteiger partial charge in [0, 0.05) is 19.3 Å². The monoisotopic (exact) mass is 385 g/mol. The second-order valence-electron chi connectivity index (χ2n) is 6.75. The summed E-state index contributed by atoms with van der Waals surface area (Å²) in [6, 6.07) is 12.5. The fourth-order valence-corrected chi connectivity index (χ4v) is 3.71. The van der Waals surface area contributed by atoms with Crippen molar-refractivity contribution in [2.24, 2.45) is 0 Å². The number of hydrogen-bond acceptors (Lipinski definition) is 4. The van der Waals surface area contributed by atoms with E-state index in [1.807, 2.05) is 36.4 Å². The molecule has 0 saturated carbocycles. The topological polar surface area (TPSA) is 46.6 Å². The predicted octanol–water partition coefficient (Wildman–Crippen LogP) is 4.08. The van der Waals surface area contributed by atoms with Crippen LogP contribution in [0, 0.1) is 0 Å². The Kier molecular flexibility index (Phi) is 7.78. The molecule has 0 aliphatic carbocycles. The van der Waals surface area contributed by atoms with Gasteiger partial charge < -0.3 is 9.64 Å². The molecule has 2 aromatic carbocycles. The molecule has 0 unspecified atom stereocenters. The van der Waals surface area contributed by atoms with Crippen molar-refractivity contribution >= 4 is 28.8 Å². The summed E-state index contributed by atoms with van der Waals surface area (Å²) in [6.07, 6.45) is 5.32. The lowest BCUT2D eigenvalue weighted by atomic mass is 9.95. The Balaban J connectivity index is 2.60. The van der Waals surface area contributed by atoms with Crippen LogP contribution in [0.2, 0.25) is 0 Å². The first-order valence-corrected chi connectivity index (χ1v) is 11.4. The maximum Gasteiger partial charge on any atom is 0.179 e. The molecule has 0 atom stereocenters. The van der Waals surface area contributed by atoms with E-state index in [1.165, 1.54) is 12.3 Å². The quantitative estimate of drug-likeness (QED) is 0.578. The molecule has 0 saturated heterocycles. The largest absolute Gasteiger partial charge is 0.454 e. The van der Waals surface area contributed by atoms with E-state index in [0.717, 1.165) is 44.5 Å². The number of hydrogen-bond donors (Lipinski definition) is 0. The first-order chi connectivity index (χ1) is 12.9. The maximum absolute atomic E-state index is 12.4. The Hall–Kier alpha value is -1.95. The lowest BCUT2D eigenvalue weighted by molar-refractivity contribution is 0.466. The molecule has 0 aliphatic heterocycles. The minimum Gasteiger partial charge on any atom is -0.454 e. The summed E-state index contributed by atoms with van der Waals surface area (Å²) in [6.45, 7) is 5.93. The van der Waals surface area contributed by atoms with Crippen LogP contribution in [-0.2, 0) is 9.84 Å². The minimum absolute atomic E-state index is 0.124. The van der Waals surface area contributed by atoms with Gasteiger partial charge in [0.25, 0.3) is 0 Å². The highest BCUT2D eigenvalue weighted by atomic mass is 32.2. The van der Waals surface area contributed by atoms with E-state index in [4.69, 9.17) is 12.6 Å². The van der Waals surface area contributed by atoms with Crippen molar-refractivity contribution in [3.63, 3.8) is 0 Å². The Morgan fingerprint density at radius 1 is 1.00 bits per heavy atom. The Bertz CT molecular complexity index is 830. The molecule has 0 fully saturated rings. The van der Waals surface area contributed by atoms with E-state index in [0.29, 0.717) is 17.0 Å². The molecule has 0 spiro atoms. The van der Waals surface area contributed by atoms with Crippen LogP contribution >= 0.6 is 0 Å². The number of rotatable bonds is 10. The lowest BCUT2D eigenvalue weighted by Gasteiger charge is -2.28. The van der Waals surface area contributed by atoms with Crippen molar-refractivity contribution in [3.05, 3.63) is 42.5 Å². The van der Waals surface area contributed by atoms with Crippen LogP contribution in [0.4, 0.5) is 5.69 Å². The van der Waals surface area contributed by atoms with Gasteiger partial charge in [-0.15, -0.1) is 0 Å². The fourth-order valence-electron chi connectivity index (χ4n) is 2.88. The molecule has 144 valence electrons. The van der Waals surface area contributed by atoms with Gasteiger partial charge in [0.2, 0.25) is 0 Å². The minimum atomic E-state index is -3.50. The second kappa shape index (κ2) is 9.84. The van der Waals surface area contributed by atoms with Gasteiger partial charge in [0.15, 0.2) is 15.6 Å². The van der Waals surface area contributed by atoms with Crippen LogP contribution in [-0.4, -0.2) is 35.6 Å². The van der Waals surface area contributed by atoms with Crippen LogP contribution in [0.3, 0.4) is 0 Å². The van der Waals surface area contributed by atoms with Crippen LogP contribution in [0.15, 0.2) is 47.4 Å². The summed E-state index contributed by atoms with van der Waals surface area (Å²) >= 11 is 0. The van der Waals surface area contributed by atoms with Gasteiger partial charge in [-0.25, -0.2) is 8.42 Å². The fraction of sp³-hybridized carbons (Fsp3) is 0.429. The molecule has 0 amide bonds. The summed E-state index contributed by atoms with van der Waals surface area (Å²) in [5.74, 6) is 0.949. The van der Waals surface area contributed by atoms with Crippen LogP contribution in [0.5, 0.6) is 11.5 Å². The Morgan fingerprint density at radius 3 is 2.11 bits per heavy atom. The van der Waals surface area contributed by atoms with Gasteiger partial charge in [0.1, 0.15) is 18.5 Å². The van der Waals surface area contributed by atoms with Crippen molar-refractivity contribution in [1.29, 1.82) is 0 Å². The van der Waals surface area contributed by atoms with Gasteiger partial charge in [0.05, 0.1) is 5.69 Å². The third kappa shape index (κ3) is 6.03. The van der Waals surface area contributed by atoms with Crippen LogP contribution in [0.1, 0.15) is 39.5 Å². The summed E-state index contributed by atoms with van der Waals surface area (Å²) in [5.41, 5.74) is 1.16. The first-order valence-electron chi connectivity index (χ1n) is 9.48. The molecular weight excluding hydrogens is 357 g/mol. The first kappa shape index (κ1) is 21.4. The summed E-state index contributed by atoms with van der Waals surface area (Å²) < 4.78 is 31.0. The molecule has 2 rings (SSSR count). The Labute approximate surface area is 164 Å². The zero-order chi connectivity index (χ0) is 19.9. The van der Waals surface area contributed by atoms with E-state index in [1.54, 1.807) is 0 Å². The number of benzene rings is 2. The summed E-state index contributed by atoms with van der Waals surface area (Å²) in [7, 11) is 2.56. The van der Waals surface area contributed by atoms with E-state index in [-0.39, 0.29) is 4.90 Å². The second-order valence-corrected chi connectivity index (χ2v) is 8.73. The molecule has 2 aromatic rings. The third-order valence-corrected chi connectivity index (χ3v) is 5.43. The average molecular weight is 385 g/mol. The molecule has 0 heterocycles. The van der Waals surface area contributed by atoms with E-state index >= 15 is 0 Å². The Morgan fingerprint density at radius 2 is 1.59 bits per heavy atom. The highest BCUT2D eigenvalue weighted by molar-refractivity contribution is 7.90. The maximum atomic E-state index is 12.4. The molecule has 4 nitrogen and oxygen atoms in total. The molecule has 2 radical (unpaired) electrons. The van der Waals surface area contributed by atoms with Gasteiger partial charge >= 0.3 is 0 Å². The van der Waals surface area contributed by atoms with E-state index in [9.17, 15) is 8.42 Å². The summed E-state index contributed by atoms with van der Waals surface area (Å²) in [5, 5.41) is 0. The normalized spacial score (nSPS) is 11.4. The molecule has 0 bridgehead atoms. The molecule has 0 aromatic heterocycles. The zero-order valence-corrected chi connectivity index (χ0v) is 17.3. The number of anilines is 1. The van der Waals surface area contributed by atoms with Crippen molar-refractivity contribution in [3.8, 4) is 11.5 Å². The molecule has 27 heavy (non-hydrogen) atoms. The summed E-state index contributed by atoms with van der Waals surface area (Å²) in [4.78, 5) is 2.32. The smallest absolute Gasteiger partial charge is 0.179 e. The van der Waals surface area contributed by atoms with Crippen molar-refractivity contribution in [2.75, 3.05) is 24.2 Å². The van der Waals surface area contributed by atoms with E-state index < -0.39 is 9.84 Å². The average Bonchev–Trinajstić information content (AvgIpc) is 2.63. The van der Waals surface area contributed by atoms with Crippen LogP contribution < -0.4 is 15.1 Å². The number of para-hydroxylation sites is 1. The molecule has 6 heteroatoms. The zero-order valence-electron chi connectivity index (χ0n) is 16.4. The van der Waals surface area contributed by atoms with Crippen LogP contribution in [0.25, 0.3) is 0 Å². The molecule has 0 N–H and O–H groups in total. The van der Waals surface area contributed by atoms with Gasteiger partial charge in [-0.2, -0.15) is 0 Å². The van der Waals surface area contributed by atoms with Gasteiger partial charge in [-0.05, 0) is 37.1 Å². The number of sulfone groups is 1. The van der Waals surface area contributed by atoms with Gasteiger partial charge in [-0.1, -0.05) is 50.4 Å². The van der Waals surface area contributed by atoms with E-state index in [2.05, 4.69) is 18.7 Å².